The van der Waals surface area contributed by atoms with Gasteiger partial charge in [0.15, 0.2) is 11.5 Å². The average Bonchev–Trinajstić information content (AvgIpc) is 2.94. The molecule has 0 spiro atoms. The minimum atomic E-state index is -0.469. The van der Waals surface area contributed by atoms with Gasteiger partial charge in [-0.1, -0.05) is 66.5 Å². The van der Waals surface area contributed by atoms with Gasteiger partial charge < -0.3 is 23.8 Å². The number of amides is 1. The van der Waals surface area contributed by atoms with E-state index >= 15 is 0 Å². The summed E-state index contributed by atoms with van der Waals surface area (Å²) in [7, 11) is 3.22. The summed E-state index contributed by atoms with van der Waals surface area (Å²) in [6, 6.07) is 22.5. The molecule has 1 aliphatic heterocycles. The first-order valence-corrected chi connectivity index (χ1v) is 13.3. The fourth-order valence-electron chi connectivity index (χ4n) is 4.22. The Balaban J connectivity index is 0.000000494. The van der Waals surface area contributed by atoms with Crippen molar-refractivity contribution in [2.45, 2.75) is 45.1 Å². The third-order valence-electron chi connectivity index (χ3n) is 6.32. The molecule has 0 N–H and O–H groups in total. The molecule has 1 heterocycles. The molecule has 0 aliphatic carbocycles. The van der Waals surface area contributed by atoms with E-state index in [-0.39, 0.29) is 18.0 Å². The van der Waals surface area contributed by atoms with Gasteiger partial charge in [0.1, 0.15) is 6.10 Å². The van der Waals surface area contributed by atoms with Crippen LogP contribution >= 0.6 is 23.2 Å². The second-order valence-electron chi connectivity index (χ2n) is 8.85. The maximum Gasteiger partial charge on any atom is 0.252 e. The van der Waals surface area contributed by atoms with Crippen LogP contribution in [0, 0.1) is 0 Å². The summed E-state index contributed by atoms with van der Waals surface area (Å²) in [5.74, 6) is 1.32. The van der Waals surface area contributed by atoms with Gasteiger partial charge in [-0.05, 0) is 60.9 Å². The predicted octanol–water partition coefficient (Wildman–Crippen LogP) is 6.98. The third kappa shape index (κ3) is 8.11. The molecule has 3 aromatic rings. The van der Waals surface area contributed by atoms with E-state index < -0.39 is 6.10 Å². The van der Waals surface area contributed by atoms with E-state index in [1.807, 2.05) is 77.7 Å². The molecule has 3 aromatic carbocycles. The van der Waals surface area contributed by atoms with Crippen molar-refractivity contribution < 1.29 is 23.7 Å². The average molecular weight is 561 g/mol. The van der Waals surface area contributed by atoms with Crippen molar-refractivity contribution in [2.75, 3.05) is 27.4 Å². The van der Waals surface area contributed by atoms with Crippen LogP contribution in [0.25, 0.3) is 0 Å². The number of carbonyl (C=O) groups is 1. The zero-order valence-electron chi connectivity index (χ0n) is 22.2. The monoisotopic (exact) mass is 559 g/mol. The number of hydrogen-bond acceptors (Lipinski definition) is 5. The summed E-state index contributed by atoms with van der Waals surface area (Å²) in [6.07, 6.45) is 0.303. The normalized spacial score (nSPS) is 17.8. The van der Waals surface area contributed by atoms with Gasteiger partial charge in [0.2, 0.25) is 0 Å². The summed E-state index contributed by atoms with van der Waals surface area (Å²) in [4.78, 5) is 15.0. The topological polar surface area (TPSA) is 57.2 Å². The molecule has 0 bridgehead atoms. The van der Waals surface area contributed by atoms with Crippen LogP contribution in [0.4, 0.5) is 0 Å². The van der Waals surface area contributed by atoms with E-state index in [0.717, 1.165) is 22.6 Å². The SMILES string of the molecule is CCC(COCc1ccc(OC)c(OC)c1)N1C(=O)[C@H](C)OCC1c1ccc(Cl)cc1.Clc1ccccc1. The summed E-state index contributed by atoms with van der Waals surface area (Å²) in [6.45, 7) is 5.14. The first-order valence-electron chi connectivity index (χ1n) is 12.6. The molecule has 1 aliphatic rings. The van der Waals surface area contributed by atoms with Crippen LogP contribution in [0.5, 0.6) is 11.5 Å². The number of hydrogen-bond donors (Lipinski definition) is 0. The van der Waals surface area contributed by atoms with Crippen LogP contribution in [-0.4, -0.2) is 50.4 Å². The molecule has 1 amide bonds. The van der Waals surface area contributed by atoms with Gasteiger partial charge in [-0.25, -0.2) is 0 Å². The molecule has 0 saturated carbocycles. The Kier molecular flexibility index (Phi) is 11.7. The van der Waals surface area contributed by atoms with Gasteiger partial charge in [0, 0.05) is 10.0 Å². The molecule has 204 valence electrons. The van der Waals surface area contributed by atoms with Crippen LogP contribution in [-0.2, 0) is 20.9 Å². The molecular weight excluding hydrogens is 525 g/mol. The van der Waals surface area contributed by atoms with E-state index in [9.17, 15) is 4.79 Å². The van der Waals surface area contributed by atoms with Crippen molar-refractivity contribution in [1.82, 2.24) is 4.90 Å². The van der Waals surface area contributed by atoms with Crippen LogP contribution in [0.3, 0.4) is 0 Å². The Morgan fingerprint density at radius 1 is 0.947 bits per heavy atom. The summed E-state index contributed by atoms with van der Waals surface area (Å²) < 4.78 is 22.4. The van der Waals surface area contributed by atoms with E-state index in [0.29, 0.717) is 36.3 Å². The summed E-state index contributed by atoms with van der Waals surface area (Å²) >= 11 is 11.6. The van der Waals surface area contributed by atoms with Gasteiger partial charge in [-0.15, -0.1) is 0 Å². The number of halogens is 2. The zero-order valence-corrected chi connectivity index (χ0v) is 23.7. The highest BCUT2D eigenvalue weighted by Gasteiger charge is 2.38. The Bertz CT molecular complexity index is 1140. The molecule has 6 nitrogen and oxygen atoms in total. The maximum absolute atomic E-state index is 13.1. The third-order valence-corrected chi connectivity index (χ3v) is 6.83. The Labute approximate surface area is 235 Å². The molecule has 3 atom stereocenters. The highest BCUT2D eigenvalue weighted by Crippen LogP contribution is 2.31. The lowest BCUT2D eigenvalue weighted by Crippen LogP contribution is -2.54. The molecule has 8 heteroatoms. The van der Waals surface area contributed by atoms with Crippen molar-refractivity contribution >= 4 is 29.1 Å². The lowest BCUT2D eigenvalue weighted by atomic mass is 10.00. The van der Waals surface area contributed by atoms with Crippen molar-refractivity contribution in [3.8, 4) is 11.5 Å². The van der Waals surface area contributed by atoms with Crippen molar-refractivity contribution in [1.29, 1.82) is 0 Å². The van der Waals surface area contributed by atoms with Gasteiger partial charge in [-0.3, -0.25) is 4.79 Å². The Morgan fingerprint density at radius 3 is 2.18 bits per heavy atom. The first-order chi connectivity index (χ1) is 18.4. The number of ether oxygens (including phenoxy) is 4. The second kappa shape index (κ2) is 15.0. The highest BCUT2D eigenvalue weighted by atomic mass is 35.5. The van der Waals surface area contributed by atoms with Crippen molar-refractivity contribution in [3.63, 3.8) is 0 Å². The van der Waals surface area contributed by atoms with E-state index in [1.54, 1.807) is 21.1 Å². The van der Waals surface area contributed by atoms with Crippen LogP contribution in [0.1, 0.15) is 37.4 Å². The fourth-order valence-corrected chi connectivity index (χ4v) is 4.49. The quantitative estimate of drug-likeness (QED) is 0.283. The van der Waals surface area contributed by atoms with Crippen LogP contribution in [0.2, 0.25) is 10.0 Å². The van der Waals surface area contributed by atoms with E-state index in [2.05, 4.69) is 6.92 Å². The lowest BCUT2D eigenvalue weighted by Gasteiger charge is -2.43. The van der Waals surface area contributed by atoms with Crippen LogP contribution < -0.4 is 9.47 Å². The van der Waals surface area contributed by atoms with Gasteiger partial charge >= 0.3 is 0 Å². The molecule has 1 fully saturated rings. The molecule has 38 heavy (non-hydrogen) atoms. The molecule has 1 saturated heterocycles. The minimum absolute atomic E-state index is 0.0206. The number of rotatable bonds is 9. The highest BCUT2D eigenvalue weighted by molar-refractivity contribution is 6.30. The number of carbonyl (C=O) groups excluding carboxylic acids is 1. The number of morpholine rings is 1. The Hall–Kier alpha value is -2.77. The zero-order chi connectivity index (χ0) is 27.5. The van der Waals surface area contributed by atoms with Crippen molar-refractivity contribution in [3.05, 3.63) is 94.0 Å². The summed E-state index contributed by atoms with van der Waals surface area (Å²) in [5.41, 5.74) is 1.98. The largest absolute Gasteiger partial charge is 0.493 e. The number of benzene rings is 3. The van der Waals surface area contributed by atoms with Crippen molar-refractivity contribution in [2.24, 2.45) is 0 Å². The van der Waals surface area contributed by atoms with Crippen LogP contribution in [0.15, 0.2) is 72.8 Å². The molecule has 4 rings (SSSR count). The summed E-state index contributed by atoms with van der Waals surface area (Å²) in [5, 5.41) is 1.46. The predicted molar refractivity (Wildman–Crippen MR) is 151 cm³/mol. The number of methoxy groups -OCH3 is 2. The second-order valence-corrected chi connectivity index (χ2v) is 9.72. The standard InChI is InChI=1S/C24H30ClNO5.C6H5Cl/c1-5-20(14-30-13-17-6-11-22(28-3)23(12-17)29-4)26-21(15-31-16(2)24(26)27)18-7-9-19(25)10-8-18;7-6-4-2-1-3-5-6/h6-12,16,20-21H,5,13-15H2,1-4H3;1-5H/t16-,20?,21?;/m0./s1. The molecule has 2 unspecified atom stereocenters. The number of nitrogens with zero attached hydrogens (tertiary/aromatic N) is 1. The Morgan fingerprint density at radius 2 is 1.61 bits per heavy atom. The molecule has 0 aromatic heterocycles. The van der Waals surface area contributed by atoms with Gasteiger partial charge in [-0.2, -0.15) is 0 Å². The minimum Gasteiger partial charge on any atom is -0.493 e. The van der Waals surface area contributed by atoms with E-state index in [4.69, 9.17) is 42.1 Å². The first kappa shape index (κ1) is 29.8. The molecular formula is C30H35Cl2NO5. The maximum atomic E-state index is 13.1. The van der Waals surface area contributed by atoms with Gasteiger partial charge in [0.25, 0.3) is 5.91 Å². The van der Waals surface area contributed by atoms with Gasteiger partial charge in [0.05, 0.1) is 46.1 Å². The smallest absolute Gasteiger partial charge is 0.252 e. The lowest BCUT2D eigenvalue weighted by molar-refractivity contribution is -0.164. The fraction of sp³-hybridized carbons (Fsp3) is 0.367. The van der Waals surface area contributed by atoms with E-state index in [1.165, 1.54) is 0 Å². The molecule has 0 radical (unpaired) electrons.